The number of halogens is 1. The molecule has 3 nitrogen and oxygen atoms in total. The fraction of sp³-hybridized carbons (Fsp3) is 0.300. The molecule has 1 heterocycles. The molecule has 14 heavy (non-hydrogen) atoms. The van der Waals surface area contributed by atoms with Gasteiger partial charge in [0.25, 0.3) is 0 Å². The summed E-state index contributed by atoms with van der Waals surface area (Å²) in [6, 6.07) is 9.59. The Balaban J connectivity index is 2.17. The monoisotopic (exact) mass is 303 g/mol. The lowest BCUT2D eigenvalue weighted by Gasteiger charge is -2.11. The first kappa shape index (κ1) is 9.76. The molecule has 1 atom stereocenters. The largest absolute Gasteiger partial charge is 0.443 e. The number of cyclic esters (lactones) is 1. The summed E-state index contributed by atoms with van der Waals surface area (Å²) in [5.74, 6) is 0. The first-order valence-corrected chi connectivity index (χ1v) is 5.93. The zero-order valence-corrected chi connectivity index (χ0v) is 9.68. The van der Waals surface area contributed by atoms with Crippen molar-refractivity contribution < 1.29 is 9.53 Å². The zero-order valence-electron chi connectivity index (χ0n) is 7.52. The minimum Gasteiger partial charge on any atom is -0.443 e. The maximum atomic E-state index is 11.4. The quantitative estimate of drug-likeness (QED) is 0.620. The van der Waals surface area contributed by atoms with E-state index in [4.69, 9.17) is 4.74 Å². The molecule has 1 unspecified atom stereocenters. The van der Waals surface area contributed by atoms with Crippen molar-refractivity contribution in [1.29, 1.82) is 0 Å². The summed E-state index contributed by atoms with van der Waals surface area (Å²) < 4.78 is 6.00. The van der Waals surface area contributed by atoms with Gasteiger partial charge < -0.3 is 4.74 Å². The Bertz CT molecular complexity index is 328. The highest BCUT2D eigenvalue weighted by Crippen LogP contribution is 2.21. The minimum absolute atomic E-state index is 0.0308. The molecule has 0 aliphatic carbocycles. The summed E-state index contributed by atoms with van der Waals surface area (Å²) in [6.45, 7) is 0.659. The molecule has 4 heteroatoms. The van der Waals surface area contributed by atoms with Gasteiger partial charge in [-0.25, -0.2) is 4.79 Å². The molecule has 2 rings (SSSR count). The number of hydrogen-bond acceptors (Lipinski definition) is 2. The van der Waals surface area contributed by atoms with Gasteiger partial charge in [0.05, 0.1) is 6.54 Å². The van der Waals surface area contributed by atoms with E-state index in [-0.39, 0.29) is 12.2 Å². The van der Waals surface area contributed by atoms with Crippen molar-refractivity contribution >= 4 is 34.4 Å². The average Bonchev–Trinajstić information content (AvgIpc) is 2.61. The molecule has 1 aliphatic rings. The summed E-state index contributed by atoms with van der Waals surface area (Å²) in [4.78, 5) is 13.1. The maximum Gasteiger partial charge on any atom is 0.414 e. The highest BCUT2D eigenvalue weighted by Gasteiger charge is 2.31. The number of alkyl halides is 1. The van der Waals surface area contributed by atoms with E-state index in [9.17, 15) is 4.79 Å². The van der Waals surface area contributed by atoms with E-state index >= 15 is 0 Å². The van der Waals surface area contributed by atoms with E-state index in [1.807, 2.05) is 30.3 Å². The van der Waals surface area contributed by atoms with Crippen LogP contribution in [0.25, 0.3) is 0 Å². The molecule has 1 amide bonds. The summed E-state index contributed by atoms with van der Waals surface area (Å²) in [7, 11) is 0. The molecular weight excluding hydrogens is 293 g/mol. The van der Waals surface area contributed by atoms with E-state index in [0.717, 1.165) is 10.1 Å². The van der Waals surface area contributed by atoms with E-state index in [0.29, 0.717) is 6.54 Å². The van der Waals surface area contributed by atoms with Gasteiger partial charge in [-0.3, -0.25) is 4.90 Å². The summed E-state index contributed by atoms with van der Waals surface area (Å²) in [6.07, 6.45) is -0.207. The second kappa shape index (κ2) is 4.16. The topological polar surface area (TPSA) is 29.5 Å². The molecule has 0 aromatic heterocycles. The van der Waals surface area contributed by atoms with Gasteiger partial charge in [-0.15, -0.1) is 0 Å². The van der Waals surface area contributed by atoms with Crippen LogP contribution in [0.2, 0.25) is 0 Å². The number of hydrogen-bond donors (Lipinski definition) is 0. The standard InChI is InChI=1S/C10H10INO2/c11-6-9-7-12(10(13)14-9)8-4-2-1-3-5-8/h1-5,9H,6-7H2. The third-order valence-corrected chi connectivity index (χ3v) is 3.10. The van der Waals surface area contributed by atoms with Crippen LogP contribution in [-0.2, 0) is 4.74 Å². The van der Waals surface area contributed by atoms with E-state index in [1.54, 1.807) is 4.90 Å². The van der Waals surface area contributed by atoms with Gasteiger partial charge >= 0.3 is 6.09 Å². The van der Waals surface area contributed by atoms with Crippen molar-refractivity contribution in [2.75, 3.05) is 15.9 Å². The Hall–Kier alpha value is -0.780. The molecule has 0 radical (unpaired) electrons. The number of ether oxygens (including phenoxy) is 1. The lowest BCUT2D eigenvalue weighted by Crippen LogP contribution is -2.24. The molecule has 1 aromatic carbocycles. The predicted molar refractivity (Wildman–Crippen MR) is 62.9 cm³/mol. The SMILES string of the molecule is O=C1OC(CI)CN1c1ccccc1. The highest BCUT2D eigenvalue weighted by molar-refractivity contribution is 14.1. The van der Waals surface area contributed by atoms with Gasteiger partial charge in [-0.2, -0.15) is 0 Å². The smallest absolute Gasteiger partial charge is 0.414 e. The Labute approximate surface area is 96.2 Å². The van der Waals surface area contributed by atoms with Crippen molar-refractivity contribution in [2.45, 2.75) is 6.10 Å². The Kier molecular flexibility index (Phi) is 2.90. The fourth-order valence-electron chi connectivity index (χ4n) is 1.42. The van der Waals surface area contributed by atoms with Crippen molar-refractivity contribution in [1.82, 2.24) is 0 Å². The molecule has 0 spiro atoms. The van der Waals surface area contributed by atoms with Gasteiger partial charge in [0.2, 0.25) is 0 Å². The van der Waals surface area contributed by atoms with Crippen molar-refractivity contribution in [2.24, 2.45) is 0 Å². The summed E-state index contributed by atoms with van der Waals surface area (Å²) in [5, 5.41) is 0. The fourth-order valence-corrected chi connectivity index (χ4v) is 1.88. The van der Waals surface area contributed by atoms with Gasteiger partial charge in [-0.1, -0.05) is 40.8 Å². The van der Waals surface area contributed by atoms with E-state index in [1.165, 1.54) is 0 Å². The minimum atomic E-state index is -0.238. The van der Waals surface area contributed by atoms with E-state index in [2.05, 4.69) is 22.6 Å². The van der Waals surface area contributed by atoms with Crippen LogP contribution in [-0.4, -0.2) is 23.2 Å². The number of rotatable bonds is 2. The number of anilines is 1. The molecule has 1 aliphatic heterocycles. The van der Waals surface area contributed by atoms with Crippen LogP contribution < -0.4 is 4.90 Å². The Morgan fingerprint density at radius 1 is 1.43 bits per heavy atom. The molecule has 0 saturated carbocycles. The van der Waals surface area contributed by atoms with Crippen LogP contribution >= 0.6 is 22.6 Å². The van der Waals surface area contributed by atoms with Crippen LogP contribution in [0.5, 0.6) is 0 Å². The Morgan fingerprint density at radius 3 is 2.71 bits per heavy atom. The Morgan fingerprint density at radius 2 is 2.14 bits per heavy atom. The molecule has 1 aromatic rings. The molecule has 74 valence electrons. The lowest BCUT2D eigenvalue weighted by atomic mass is 10.3. The third-order valence-electron chi connectivity index (χ3n) is 2.11. The van der Waals surface area contributed by atoms with Gasteiger partial charge in [0.15, 0.2) is 0 Å². The van der Waals surface area contributed by atoms with Crippen LogP contribution in [0, 0.1) is 0 Å². The predicted octanol–water partition coefficient (Wildman–Crippen LogP) is 2.45. The number of benzene rings is 1. The molecule has 0 bridgehead atoms. The lowest BCUT2D eigenvalue weighted by molar-refractivity contribution is 0.153. The number of carbonyl (C=O) groups excluding carboxylic acids is 1. The van der Waals surface area contributed by atoms with Gasteiger partial charge in [-0.05, 0) is 12.1 Å². The third kappa shape index (κ3) is 1.84. The summed E-state index contributed by atoms with van der Waals surface area (Å²) in [5.41, 5.74) is 0.907. The average molecular weight is 303 g/mol. The van der Waals surface area contributed by atoms with Crippen LogP contribution in [0.15, 0.2) is 30.3 Å². The van der Waals surface area contributed by atoms with Crippen molar-refractivity contribution in [3.05, 3.63) is 30.3 Å². The molecule has 0 N–H and O–H groups in total. The van der Waals surface area contributed by atoms with Crippen LogP contribution in [0.4, 0.5) is 10.5 Å². The normalized spacial score (nSPS) is 21.1. The molecule has 1 saturated heterocycles. The first-order chi connectivity index (χ1) is 6.81. The van der Waals surface area contributed by atoms with Gasteiger partial charge in [0, 0.05) is 10.1 Å². The van der Waals surface area contributed by atoms with Crippen LogP contribution in [0.1, 0.15) is 0 Å². The number of nitrogens with zero attached hydrogens (tertiary/aromatic N) is 1. The second-order valence-corrected chi connectivity index (χ2v) is 3.99. The van der Waals surface area contributed by atoms with Gasteiger partial charge in [0.1, 0.15) is 6.10 Å². The zero-order chi connectivity index (χ0) is 9.97. The number of amides is 1. The van der Waals surface area contributed by atoms with Crippen LogP contribution in [0.3, 0.4) is 0 Å². The number of carbonyl (C=O) groups is 1. The van der Waals surface area contributed by atoms with E-state index < -0.39 is 0 Å². The maximum absolute atomic E-state index is 11.4. The molecular formula is C10H10INO2. The summed E-state index contributed by atoms with van der Waals surface area (Å²) >= 11 is 2.23. The first-order valence-electron chi connectivity index (χ1n) is 4.40. The number of para-hydroxylation sites is 1. The second-order valence-electron chi connectivity index (χ2n) is 3.11. The van der Waals surface area contributed by atoms with Crippen molar-refractivity contribution in [3.8, 4) is 0 Å². The van der Waals surface area contributed by atoms with Crippen molar-refractivity contribution in [3.63, 3.8) is 0 Å². The molecule has 1 fully saturated rings. The highest BCUT2D eigenvalue weighted by atomic mass is 127.